The first-order chi connectivity index (χ1) is 8.52. The van der Waals surface area contributed by atoms with Gasteiger partial charge in [-0.1, -0.05) is 11.6 Å². The summed E-state index contributed by atoms with van der Waals surface area (Å²) in [6, 6.07) is 3.51. The number of carbonyl (C=O) groups is 1. The number of hydrogen-bond acceptors (Lipinski definition) is 3. The van der Waals surface area contributed by atoms with Gasteiger partial charge in [0.25, 0.3) is 0 Å². The van der Waals surface area contributed by atoms with Gasteiger partial charge in [-0.2, -0.15) is 5.10 Å². The maximum Gasteiger partial charge on any atom is 0.178 e. The van der Waals surface area contributed by atoms with E-state index in [9.17, 15) is 4.79 Å². The minimum Gasteiger partial charge on any atom is -0.293 e. The molecule has 6 heteroatoms. The minimum atomic E-state index is 0.0715. The number of aromatic nitrogens is 2. The monoisotopic (exact) mass is 346 g/mol. The van der Waals surface area contributed by atoms with Crippen LogP contribution >= 0.6 is 38.9 Å². The molecule has 0 aromatic carbocycles. The van der Waals surface area contributed by atoms with Crippen LogP contribution in [0.25, 0.3) is 0 Å². The molecular weight excluding hydrogens is 336 g/mol. The van der Waals surface area contributed by atoms with E-state index in [1.54, 1.807) is 12.1 Å². The van der Waals surface area contributed by atoms with Crippen LogP contribution in [-0.4, -0.2) is 15.6 Å². The molecule has 2 rings (SSSR count). The van der Waals surface area contributed by atoms with Gasteiger partial charge in [0.2, 0.25) is 0 Å². The Morgan fingerprint density at radius 1 is 1.56 bits per heavy atom. The molecule has 0 radical (unpaired) electrons. The van der Waals surface area contributed by atoms with Crippen LogP contribution in [-0.2, 0) is 13.0 Å². The smallest absolute Gasteiger partial charge is 0.178 e. The fraction of sp³-hybridized carbons (Fsp3) is 0.333. The van der Waals surface area contributed by atoms with Crippen molar-refractivity contribution < 1.29 is 4.79 Å². The van der Waals surface area contributed by atoms with Crippen molar-refractivity contribution in [2.24, 2.45) is 0 Å². The normalized spacial score (nSPS) is 10.9. The molecule has 0 atom stereocenters. The van der Waals surface area contributed by atoms with E-state index in [2.05, 4.69) is 21.0 Å². The van der Waals surface area contributed by atoms with Crippen LogP contribution in [0.5, 0.6) is 0 Å². The van der Waals surface area contributed by atoms with Gasteiger partial charge in [-0.15, -0.1) is 11.3 Å². The van der Waals surface area contributed by atoms with Crippen molar-refractivity contribution >= 4 is 44.7 Å². The lowest BCUT2D eigenvalue weighted by atomic mass is 10.2. The van der Waals surface area contributed by atoms with Gasteiger partial charge in [0.15, 0.2) is 5.78 Å². The van der Waals surface area contributed by atoms with Gasteiger partial charge >= 0.3 is 0 Å². The van der Waals surface area contributed by atoms with Gasteiger partial charge in [0.05, 0.1) is 31.5 Å². The van der Waals surface area contributed by atoms with E-state index in [0.29, 0.717) is 15.6 Å². The Labute approximate surface area is 123 Å². The van der Waals surface area contributed by atoms with E-state index >= 15 is 0 Å². The molecule has 18 heavy (non-hydrogen) atoms. The zero-order chi connectivity index (χ0) is 13.3. The third-order valence-corrected chi connectivity index (χ3v) is 4.93. The first-order valence-corrected chi connectivity index (χ1v) is 7.52. The number of aryl methyl sites for hydroxylation is 2. The van der Waals surface area contributed by atoms with E-state index in [1.165, 1.54) is 11.3 Å². The quantitative estimate of drug-likeness (QED) is 0.780. The molecule has 2 aromatic heterocycles. The van der Waals surface area contributed by atoms with Gasteiger partial charge < -0.3 is 0 Å². The molecule has 0 amide bonds. The summed E-state index contributed by atoms with van der Waals surface area (Å²) in [6.07, 6.45) is 0.339. The van der Waals surface area contributed by atoms with Gasteiger partial charge in [0, 0.05) is 6.54 Å². The molecule has 0 spiro atoms. The van der Waals surface area contributed by atoms with Crippen LogP contribution in [0.15, 0.2) is 16.6 Å². The van der Waals surface area contributed by atoms with Crippen LogP contribution in [0.3, 0.4) is 0 Å². The number of Topliss-reactive ketones (excluding diaryl/α,β-unsaturated/α-hetero) is 1. The molecular formula is C12H12BrClN2OS. The van der Waals surface area contributed by atoms with Crippen LogP contribution < -0.4 is 0 Å². The Bertz CT molecular complexity index is 591. The molecule has 96 valence electrons. The molecule has 0 aliphatic rings. The summed E-state index contributed by atoms with van der Waals surface area (Å²) in [5.74, 6) is 0.0715. The van der Waals surface area contributed by atoms with Gasteiger partial charge in [-0.05, 0) is 41.9 Å². The average molecular weight is 348 g/mol. The highest BCUT2D eigenvalue weighted by Crippen LogP contribution is 2.26. The first kappa shape index (κ1) is 13.8. The van der Waals surface area contributed by atoms with E-state index in [0.717, 1.165) is 22.4 Å². The topological polar surface area (TPSA) is 34.9 Å². The van der Waals surface area contributed by atoms with Crippen molar-refractivity contribution in [2.75, 3.05) is 0 Å². The molecule has 2 heterocycles. The average Bonchev–Trinajstić information content (AvgIpc) is 2.88. The first-order valence-electron chi connectivity index (χ1n) is 5.53. The van der Waals surface area contributed by atoms with Crippen molar-refractivity contribution in [2.45, 2.75) is 26.8 Å². The zero-order valence-electron chi connectivity index (χ0n) is 10.0. The largest absolute Gasteiger partial charge is 0.293 e. The van der Waals surface area contributed by atoms with Crippen molar-refractivity contribution in [1.82, 2.24) is 9.78 Å². The molecule has 0 bridgehead atoms. The third-order valence-electron chi connectivity index (χ3n) is 2.63. The predicted octanol–water partition coefficient (Wildman–Crippen LogP) is 4.11. The van der Waals surface area contributed by atoms with Crippen LogP contribution in [0.4, 0.5) is 0 Å². The van der Waals surface area contributed by atoms with Crippen LogP contribution in [0.2, 0.25) is 4.34 Å². The number of ketones is 1. The second-order valence-corrected chi connectivity index (χ2v) is 6.37. The fourth-order valence-electron chi connectivity index (χ4n) is 1.74. The molecule has 0 saturated carbocycles. The molecule has 0 N–H and O–H groups in total. The molecule has 3 nitrogen and oxygen atoms in total. The number of halogens is 2. The third kappa shape index (κ3) is 2.68. The SMILES string of the molecule is CCn1nc(C)c(Br)c1CC(=O)c1ccc(Cl)s1. The Morgan fingerprint density at radius 3 is 2.83 bits per heavy atom. The number of carbonyl (C=O) groups excluding carboxylic acids is 1. The predicted molar refractivity (Wildman–Crippen MR) is 77.7 cm³/mol. The highest BCUT2D eigenvalue weighted by molar-refractivity contribution is 9.10. The fourth-order valence-corrected chi connectivity index (χ4v) is 3.15. The summed E-state index contributed by atoms with van der Waals surface area (Å²) in [5.41, 5.74) is 1.83. The highest BCUT2D eigenvalue weighted by Gasteiger charge is 2.17. The van der Waals surface area contributed by atoms with E-state index in [-0.39, 0.29) is 5.78 Å². The van der Waals surface area contributed by atoms with E-state index < -0.39 is 0 Å². The number of hydrogen-bond donors (Lipinski definition) is 0. The lowest BCUT2D eigenvalue weighted by Gasteiger charge is -2.03. The molecule has 0 fully saturated rings. The van der Waals surface area contributed by atoms with E-state index in [1.807, 2.05) is 18.5 Å². The summed E-state index contributed by atoms with van der Waals surface area (Å²) < 4.78 is 3.41. The molecule has 2 aromatic rings. The van der Waals surface area contributed by atoms with Gasteiger partial charge in [-0.3, -0.25) is 9.48 Å². The lowest BCUT2D eigenvalue weighted by molar-refractivity contribution is 0.0994. The molecule has 0 unspecified atom stereocenters. The summed E-state index contributed by atoms with van der Waals surface area (Å²) >= 11 is 10.6. The minimum absolute atomic E-state index is 0.0715. The summed E-state index contributed by atoms with van der Waals surface area (Å²) in [4.78, 5) is 12.8. The Balaban J connectivity index is 2.26. The second-order valence-electron chi connectivity index (χ2n) is 3.87. The number of nitrogens with zero attached hydrogens (tertiary/aromatic N) is 2. The number of rotatable bonds is 4. The zero-order valence-corrected chi connectivity index (χ0v) is 13.2. The van der Waals surface area contributed by atoms with Crippen LogP contribution in [0.1, 0.15) is 28.0 Å². The van der Waals surface area contributed by atoms with Crippen molar-refractivity contribution in [3.8, 4) is 0 Å². The Morgan fingerprint density at radius 2 is 2.28 bits per heavy atom. The van der Waals surface area contributed by atoms with Crippen molar-refractivity contribution in [1.29, 1.82) is 0 Å². The maximum absolute atomic E-state index is 12.1. The van der Waals surface area contributed by atoms with Crippen molar-refractivity contribution in [3.63, 3.8) is 0 Å². The van der Waals surface area contributed by atoms with Crippen molar-refractivity contribution in [3.05, 3.63) is 37.2 Å². The number of thiophene rings is 1. The summed E-state index contributed by atoms with van der Waals surface area (Å²) in [7, 11) is 0. The standard InChI is InChI=1S/C12H12BrClN2OS/c1-3-16-8(12(13)7(2)15-16)6-9(17)10-4-5-11(14)18-10/h4-5H,3,6H2,1-2H3. The molecule has 0 aliphatic heterocycles. The summed E-state index contributed by atoms with van der Waals surface area (Å²) in [5, 5.41) is 4.38. The van der Waals surface area contributed by atoms with Gasteiger partial charge in [0.1, 0.15) is 0 Å². The van der Waals surface area contributed by atoms with Crippen LogP contribution in [0, 0.1) is 6.92 Å². The Kier molecular flexibility index (Phi) is 4.25. The molecule has 0 saturated heterocycles. The lowest BCUT2D eigenvalue weighted by Crippen LogP contribution is -2.09. The highest BCUT2D eigenvalue weighted by atomic mass is 79.9. The summed E-state index contributed by atoms with van der Waals surface area (Å²) in [6.45, 7) is 4.68. The van der Waals surface area contributed by atoms with E-state index in [4.69, 9.17) is 11.6 Å². The second kappa shape index (κ2) is 5.55. The molecule has 0 aliphatic carbocycles. The Hall–Kier alpha value is -0.650. The maximum atomic E-state index is 12.1. The van der Waals surface area contributed by atoms with Gasteiger partial charge in [-0.25, -0.2) is 0 Å².